The first-order chi connectivity index (χ1) is 16.5. The molecular weight excluding hydrogens is 430 g/mol. The number of benzene rings is 2. The van der Waals surface area contributed by atoms with Crippen LogP contribution < -0.4 is 14.8 Å². The largest absolute Gasteiger partial charge is 0.490 e. The van der Waals surface area contributed by atoms with Crippen molar-refractivity contribution in [2.75, 3.05) is 20.3 Å². The van der Waals surface area contributed by atoms with Gasteiger partial charge in [0.15, 0.2) is 17.3 Å². The molecule has 2 aromatic carbocycles. The molecule has 6 nitrogen and oxygen atoms in total. The Hall–Kier alpha value is -3.54. The summed E-state index contributed by atoms with van der Waals surface area (Å²) in [6, 6.07) is 15.7. The normalized spacial score (nSPS) is 19.9. The molecule has 0 saturated heterocycles. The molecule has 1 aliphatic carbocycles. The summed E-state index contributed by atoms with van der Waals surface area (Å²) in [6.45, 7) is 6.66. The molecular formula is C28H31NO5. The second kappa shape index (κ2) is 10.2. The Balaban J connectivity index is 1.82. The molecule has 178 valence electrons. The van der Waals surface area contributed by atoms with E-state index in [0.29, 0.717) is 54.4 Å². The molecule has 2 aliphatic rings. The van der Waals surface area contributed by atoms with Crippen molar-refractivity contribution >= 4 is 11.8 Å². The zero-order valence-corrected chi connectivity index (χ0v) is 20.1. The fourth-order valence-electron chi connectivity index (χ4n) is 4.96. The maximum absolute atomic E-state index is 13.6. The number of carbonyl (C=O) groups excluding carboxylic acids is 2. The van der Waals surface area contributed by atoms with Crippen LogP contribution in [0.4, 0.5) is 0 Å². The lowest BCUT2D eigenvalue weighted by Crippen LogP contribution is -2.36. The quantitative estimate of drug-likeness (QED) is 0.584. The van der Waals surface area contributed by atoms with Crippen molar-refractivity contribution in [1.29, 1.82) is 0 Å². The predicted octanol–water partition coefficient (Wildman–Crippen LogP) is 5.02. The van der Waals surface area contributed by atoms with Gasteiger partial charge in [-0.15, -0.1) is 0 Å². The number of ether oxygens (including phenoxy) is 3. The van der Waals surface area contributed by atoms with E-state index in [1.807, 2.05) is 57.2 Å². The number of hydrogen-bond acceptors (Lipinski definition) is 6. The molecule has 1 N–H and O–H groups in total. The van der Waals surface area contributed by atoms with Crippen LogP contribution in [0.15, 0.2) is 71.1 Å². The summed E-state index contributed by atoms with van der Waals surface area (Å²) in [5.74, 6) is 0.361. The van der Waals surface area contributed by atoms with Crippen LogP contribution >= 0.6 is 0 Å². The Morgan fingerprint density at radius 3 is 2.35 bits per heavy atom. The minimum Gasteiger partial charge on any atom is -0.490 e. The number of hydrogen-bond donors (Lipinski definition) is 1. The highest BCUT2D eigenvalue weighted by atomic mass is 16.5. The van der Waals surface area contributed by atoms with E-state index < -0.39 is 11.9 Å². The molecule has 0 saturated carbocycles. The molecule has 0 aromatic heterocycles. The van der Waals surface area contributed by atoms with Gasteiger partial charge in [0.25, 0.3) is 0 Å². The van der Waals surface area contributed by atoms with E-state index in [9.17, 15) is 9.59 Å². The fourth-order valence-corrected chi connectivity index (χ4v) is 4.96. The molecule has 4 rings (SSSR count). The molecule has 2 aromatic rings. The molecule has 6 heteroatoms. The molecule has 0 bridgehead atoms. The molecule has 0 unspecified atom stereocenters. The van der Waals surface area contributed by atoms with Crippen molar-refractivity contribution in [3.05, 3.63) is 82.2 Å². The van der Waals surface area contributed by atoms with Gasteiger partial charge < -0.3 is 19.5 Å². The third-order valence-electron chi connectivity index (χ3n) is 6.40. The molecule has 0 spiro atoms. The standard InChI is InChI=1S/C28H31NO5/c1-5-33-23-13-12-19(16-24(23)34-6-2)26-25(28(31)32-4)17(3)29-21-14-20(15-22(30)27(21)26)18-10-8-7-9-11-18/h7-13,16,20,26,29H,5-6,14-15H2,1-4H3/t20-,26+/m0/s1. The highest BCUT2D eigenvalue weighted by Crippen LogP contribution is 2.47. The maximum atomic E-state index is 13.6. The van der Waals surface area contributed by atoms with Gasteiger partial charge in [-0.1, -0.05) is 36.4 Å². The topological polar surface area (TPSA) is 73.9 Å². The molecule has 0 amide bonds. The Kier molecular flexibility index (Phi) is 7.06. The van der Waals surface area contributed by atoms with E-state index in [1.54, 1.807) is 0 Å². The lowest BCUT2D eigenvalue weighted by molar-refractivity contribution is -0.136. The second-order valence-corrected chi connectivity index (χ2v) is 8.49. The van der Waals surface area contributed by atoms with E-state index in [-0.39, 0.29) is 11.7 Å². The van der Waals surface area contributed by atoms with Crippen LogP contribution in [0.3, 0.4) is 0 Å². The first-order valence-corrected chi connectivity index (χ1v) is 11.7. The maximum Gasteiger partial charge on any atom is 0.336 e. The summed E-state index contributed by atoms with van der Waals surface area (Å²) in [7, 11) is 1.36. The number of dihydropyridines is 1. The summed E-state index contributed by atoms with van der Waals surface area (Å²) >= 11 is 0. The zero-order valence-electron chi connectivity index (χ0n) is 20.1. The van der Waals surface area contributed by atoms with E-state index in [0.717, 1.165) is 16.8 Å². The molecule has 0 radical (unpaired) electrons. The molecule has 0 fully saturated rings. The van der Waals surface area contributed by atoms with Gasteiger partial charge in [-0.05, 0) is 56.4 Å². The lowest BCUT2D eigenvalue weighted by Gasteiger charge is -2.36. The van der Waals surface area contributed by atoms with Crippen molar-refractivity contribution in [1.82, 2.24) is 5.32 Å². The van der Waals surface area contributed by atoms with Gasteiger partial charge in [0.05, 0.1) is 25.9 Å². The summed E-state index contributed by atoms with van der Waals surface area (Å²) in [4.78, 5) is 26.5. The van der Waals surface area contributed by atoms with Crippen molar-refractivity contribution < 1.29 is 23.8 Å². The third kappa shape index (κ3) is 4.45. The number of esters is 1. The minimum absolute atomic E-state index is 0.0355. The van der Waals surface area contributed by atoms with Crippen molar-refractivity contribution in [3.8, 4) is 11.5 Å². The zero-order chi connectivity index (χ0) is 24.2. The van der Waals surface area contributed by atoms with Crippen molar-refractivity contribution in [2.45, 2.75) is 45.4 Å². The Bertz CT molecular complexity index is 1150. The minimum atomic E-state index is -0.539. The van der Waals surface area contributed by atoms with E-state index in [1.165, 1.54) is 7.11 Å². The fraction of sp³-hybridized carbons (Fsp3) is 0.357. The first-order valence-electron chi connectivity index (χ1n) is 11.7. The van der Waals surface area contributed by atoms with Gasteiger partial charge in [-0.25, -0.2) is 4.79 Å². The average molecular weight is 462 g/mol. The van der Waals surface area contributed by atoms with Gasteiger partial charge in [0, 0.05) is 29.3 Å². The second-order valence-electron chi connectivity index (χ2n) is 8.49. The van der Waals surface area contributed by atoms with Crippen LogP contribution in [0.25, 0.3) is 0 Å². The van der Waals surface area contributed by atoms with E-state index in [2.05, 4.69) is 17.4 Å². The number of carbonyl (C=O) groups is 2. The summed E-state index contributed by atoms with van der Waals surface area (Å²) in [6.07, 6.45) is 1.09. The summed E-state index contributed by atoms with van der Waals surface area (Å²) in [5, 5.41) is 3.37. The van der Waals surface area contributed by atoms with E-state index in [4.69, 9.17) is 14.2 Å². The van der Waals surface area contributed by atoms with Crippen LogP contribution in [0.1, 0.15) is 56.6 Å². The highest BCUT2D eigenvalue weighted by Gasteiger charge is 2.41. The Labute approximate surface area is 200 Å². The van der Waals surface area contributed by atoms with Crippen molar-refractivity contribution in [2.24, 2.45) is 0 Å². The average Bonchev–Trinajstić information content (AvgIpc) is 2.84. The number of rotatable bonds is 7. The number of Topliss-reactive ketones (excluding diaryl/α,β-unsaturated/α-hetero) is 1. The van der Waals surface area contributed by atoms with Crippen molar-refractivity contribution in [3.63, 3.8) is 0 Å². The van der Waals surface area contributed by atoms with Crippen LogP contribution in [0.2, 0.25) is 0 Å². The number of methoxy groups -OCH3 is 1. The van der Waals surface area contributed by atoms with Crippen LogP contribution in [-0.2, 0) is 14.3 Å². The third-order valence-corrected chi connectivity index (χ3v) is 6.40. The number of nitrogens with one attached hydrogen (secondary N) is 1. The number of ketones is 1. The summed E-state index contributed by atoms with van der Waals surface area (Å²) in [5.41, 5.74) is 4.58. The predicted molar refractivity (Wildman–Crippen MR) is 130 cm³/mol. The van der Waals surface area contributed by atoms with Crippen LogP contribution in [0, 0.1) is 0 Å². The molecule has 1 heterocycles. The molecule has 34 heavy (non-hydrogen) atoms. The number of allylic oxidation sites excluding steroid dienone is 3. The van der Waals surface area contributed by atoms with Gasteiger partial charge in [-0.3, -0.25) is 4.79 Å². The van der Waals surface area contributed by atoms with Crippen LogP contribution in [0.5, 0.6) is 11.5 Å². The Morgan fingerprint density at radius 1 is 0.971 bits per heavy atom. The monoisotopic (exact) mass is 461 g/mol. The Morgan fingerprint density at radius 2 is 1.68 bits per heavy atom. The lowest BCUT2D eigenvalue weighted by atomic mass is 9.71. The molecule has 1 aliphatic heterocycles. The van der Waals surface area contributed by atoms with Gasteiger partial charge in [0.1, 0.15) is 0 Å². The summed E-state index contributed by atoms with van der Waals surface area (Å²) < 4.78 is 16.7. The van der Waals surface area contributed by atoms with Gasteiger partial charge >= 0.3 is 5.97 Å². The highest BCUT2D eigenvalue weighted by molar-refractivity contribution is 6.04. The van der Waals surface area contributed by atoms with Gasteiger partial charge in [0.2, 0.25) is 0 Å². The van der Waals surface area contributed by atoms with E-state index >= 15 is 0 Å². The molecule has 2 atom stereocenters. The SMILES string of the molecule is CCOc1ccc([C@@H]2C(C(=O)OC)=C(C)NC3=C2C(=O)C[C@@H](c2ccccc2)C3)cc1OCC. The van der Waals surface area contributed by atoms with Gasteiger partial charge in [-0.2, -0.15) is 0 Å². The van der Waals surface area contributed by atoms with Crippen LogP contribution in [-0.4, -0.2) is 32.1 Å². The smallest absolute Gasteiger partial charge is 0.336 e. The first kappa shape index (κ1) is 23.6.